The number of aliphatic hydroxyl groups is 1. The fourth-order valence-electron chi connectivity index (χ4n) is 4.45. The molecule has 0 radical (unpaired) electrons. The number of rotatable bonds is 11. The zero-order valence-corrected chi connectivity index (χ0v) is 22.6. The van der Waals surface area contributed by atoms with E-state index in [1.807, 2.05) is 0 Å². The van der Waals surface area contributed by atoms with Gasteiger partial charge in [0.2, 0.25) is 0 Å². The Morgan fingerprint density at radius 1 is 0.893 bits per heavy atom. The lowest BCUT2D eigenvalue weighted by Crippen LogP contribution is -2.50. The summed E-state index contributed by atoms with van der Waals surface area (Å²) in [6, 6.07) is 0. The van der Waals surface area contributed by atoms with E-state index in [9.17, 15) is 5.11 Å². The Morgan fingerprint density at radius 3 is 1.64 bits per heavy atom. The van der Waals surface area contributed by atoms with Crippen LogP contribution in [0.25, 0.3) is 0 Å². The van der Waals surface area contributed by atoms with Crippen molar-refractivity contribution in [2.24, 2.45) is 5.92 Å². The SMILES string of the molecule is CC(C)[Si](OC[C@@H](O)[C@H](CO[Si](C)(C)C(C)(C)C)[C@@H]1O[C@@H]1C)(C(C)C)C(C)C. The Kier molecular flexibility index (Phi) is 9.02. The Balaban J connectivity index is 2.87. The molecular weight excluding hydrogens is 384 g/mol. The lowest BCUT2D eigenvalue weighted by molar-refractivity contribution is 0.0158. The van der Waals surface area contributed by atoms with E-state index >= 15 is 0 Å². The van der Waals surface area contributed by atoms with Crippen LogP contribution in [-0.4, -0.2) is 53.3 Å². The molecule has 1 rings (SSSR count). The van der Waals surface area contributed by atoms with Gasteiger partial charge in [-0.15, -0.1) is 0 Å². The molecule has 1 saturated heterocycles. The molecule has 0 saturated carbocycles. The molecule has 1 aliphatic heterocycles. The molecule has 0 aromatic carbocycles. The van der Waals surface area contributed by atoms with Crippen LogP contribution in [0.5, 0.6) is 0 Å². The molecule has 1 heterocycles. The van der Waals surface area contributed by atoms with Crippen LogP contribution < -0.4 is 0 Å². The van der Waals surface area contributed by atoms with Gasteiger partial charge in [0, 0.05) is 12.5 Å². The second-order valence-corrected chi connectivity index (χ2v) is 21.5. The van der Waals surface area contributed by atoms with Crippen molar-refractivity contribution in [3.05, 3.63) is 0 Å². The number of hydrogen-bond acceptors (Lipinski definition) is 4. The zero-order chi connectivity index (χ0) is 22.1. The number of ether oxygens (including phenoxy) is 1. The van der Waals surface area contributed by atoms with Gasteiger partial charge in [-0.2, -0.15) is 0 Å². The van der Waals surface area contributed by atoms with E-state index in [-0.39, 0.29) is 23.2 Å². The highest BCUT2D eigenvalue weighted by molar-refractivity contribution is 6.77. The fraction of sp³-hybridized carbons (Fsp3) is 1.00. The summed E-state index contributed by atoms with van der Waals surface area (Å²) in [4.78, 5) is 0. The fourth-order valence-corrected chi connectivity index (χ4v) is 11.0. The lowest BCUT2D eigenvalue weighted by Gasteiger charge is -2.43. The highest BCUT2D eigenvalue weighted by atomic mass is 28.4. The predicted molar refractivity (Wildman–Crippen MR) is 124 cm³/mol. The van der Waals surface area contributed by atoms with Gasteiger partial charge in [-0.05, 0) is 41.7 Å². The van der Waals surface area contributed by atoms with Gasteiger partial charge >= 0.3 is 0 Å². The molecule has 0 aromatic rings. The number of aliphatic hydroxyl groups excluding tert-OH is 1. The third-order valence-corrected chi connectivity index (χ3v) is 17.9. The van der Waals surface area contributed by atoms with Gasteiger partial charge in [0.05, 0.1) is 24.9 Å². The average molecular weight is 433 g/mol. The van der Waals surface area contributed by atoms with Crippen molar-refractivity contribution < 1.29 is 18.7 Å². The van der Waals surface area contributed by atoms with Crippen molar-refractivity contribution in [3.8, 4) is 0 Å². The maximum atomic E-state index is 11.1. The van der Waals surface area contributed by atoms with Crippen molar-refractivity contribution >= 4 is 16.6 Å². The van der Waals surface area contributed by atoms with Crippen LogP contribution in [0.1, 0.15) is 69.2 Å². The molecule has 0 unspecified atom stereocenters. The summed E-state index contributed by atoms with van der Waals surface area (Å²) < 4.78 is 18.9. The van der Waals surface area contributed by atoms with Crippen LogP contribution in [0, 0.1) is 5.92 Å². The molecule has 0 spiro atoms. The first-order chi connectivity index (χ1) is 12.6. The summed E-state index contributed by atoms with van der Waals surface area (Å²) in [7, 11) is -3.86. The Morgan fingerprint density at radius 2 is 1.32 bits per heavy atom. The lowest BCUT2D eigenvalue weighted by atomic mass is 9.98. The van der Waals surface area contributed by atoms with Gasteiger partial charge in [-0.25, -0.2) is 0 Å². The molecule has 1 aliphatic rings. The molecule has 168 valence electrons. The standard InChI is InChI=1S/C22H48O4Si2/c1-15(2)28(16(3)4,17(5)6)25-14-20(23)19(21-18(7)26-21)13-24-27(11,12)22(8,9)10/h15-21,23H,13-14H2,1-12H3/t18-,19+,20-,21-/m1/s1. The van der Waals surface area contributed by atoms with Crippen molar-refractivity contribution in [1.29, 1.82) is 0 Å². The maximum Gasteiger partial charge on any atom is 0.200 e. The van der Waals surface area contributed by atoms with Crippen LogP contribution in [-0.2, 0) is 13.6 Å². The first-order valence-corrected chi connectivity index (χ1v) is 16.2. The molecule has 1 N–H and O–H groups in total. The molecular formula is C22H48O4Si2. The summed E-state index contributed by atoms with van der Waals surface area (Å²) in [6.45, 7) is 28.0. The molecule has 4 atom stereocenters. The quantitative estimate of drug-likeness (QED) is 0.323. The highest BCUT2D eigenvalue weighted by Gasteiger charge is 2.49. The van der Waals surface area contributed by atoms with E-state index < -0.39 is 22.7 Å². The third kappa shape index (κ3) is 5.91. The maximum absolute atomic E-state index is 11.1. The van der Waals surface area contributed by atoms with E-state index in [1.54, 1.807) is 0 Å². The number of hydrogen-bond donors (Lipinski definition) is 1. The predicted octanol–water partition coefficient (Wildman–Crippen LogP) is 5.96. The van der Waals surface area contributed by atoms with Crippen LogP contribution in [0.2, 0.25) is 34.8 Å². The molecule has 0 bridgehead atoms. The minimum absolute atomic E-state index is 0.0256. The van der Waals surface area contributed by atoms with Gasteiger partial charge in [-0.1, -0.05) is 62.3 Å². The summed E-state index contributed by atoms with van der Waals surface area (Å²) >= 11 is 0. The Hall–Kier alpha value is 0.274. The summed E-state index contributed by atoms with van der Waals surface area (Å²) in [5.74, 6) is -0.0256. The van der Waals surface area contributed by atoms with Gasteiger partial charge < -0.3 is 18.7 Å². The van der Waals surface area contributed by atoms with E-state index in [2.05, 4.69) is 82.3 Å². The first-order valence-electron chi connectivity index (χ1n) is 11.2. The van der Waals surface area contributed by atoms with E-state index in [4.69, 9.17) is 13.6 Å². The average Bonchev–Trinajstić information content (AvgIpc) is 3.22. The topological polar surface area (TPSA) is 51.2 Å². The van der Waals surface area contributed by atoms with E-state index in [1.165, 1.54) is 0 Å². The first kappa shape index (κ1) is 26.3. The largest absolute Gasteiger partial charge is 0.416 e. The molecule has 0 amide bonds. The van der Waals surface area contributed by atoms with Gasteiger partial charge in [-0.3, -0.25) is 0 Å². The van der Waals surface area contributed by atoms with Crippen LogP contribution >= 0.6 is 0 Å². The van der Waals surface area contributed by atoms with Crippen molar-refractivity contribution in [1.82, 2.24) is 0 Å². The second-order valence-electron chi connectivity index (χ2n) is 11.2. The molecule has 1 fully saturated rings. The third-order valence-electron chi connectivity index (χ3n) is 7.33. The molecule has 28 heavy (non-hydrogen) atoms. The molecule has 0 aliphatic carbocycles. The minimum Gasteiger partial charge on any atom is -0.416 e. The van der Waals surface area contributed by atoms with Crippen molar-refractivity contribution in [2.75, 3.05) is 13.2 Å². The molecule has 0 aromatic heterocycles. The zero-order valence-electron chi connectivity index (χ0n) is 20.6. The van der Waals surface area contributed by atoms with Crippen LogP contribution in [0.3, 0.4) is 0 Å². The van der Waals surface area contributed by atoms with Gasteiger partial charge in [0.15, 0.2) is 16.6 Å². The second kappa shape index (κ2) is 9.60. The molecule has 6 heteroatoms. The summed E-state index contributed by atoms with van der Waals surface area (Å²) in [6.07, 6.45) is -0.274. The monoisotopic (exact) mass is 432 g/mol. The van der Waals surface area contributed by atoms with Gasteiger partial charge in [0.25, 0.3) is 0 Å². The van der Waals surface area contributed by atoms with Gasteiger partial charge in [0.1, 0.15) is 0 Å². The van der Waals surface area contributed by atoms with E-state index in [0.29, 0.717) is 29.8 Å². The Labute approximate surface area is 177 Å². The number of epoxide rings is 1. The summed E-state index contributed by atoms with van der Waals surface area (Å²) in [5.41, 5.74) is 1.54. The normalized spacial score (nSPS) is 23.6. The summed E-state index contributed by atoms with van der Waals surface area (Å²) in [5, 5.41) is 11.3. The smallest absolute Gasteiger partial charge is 0.200 e. The highest BCUT2D eigenvalue weighted by Crippen LogP contribution is 2.43. The minimum atomic E-state index is -1.99. The van der Waals surface area contributed by atoms with Crippen LogP contribution in [0.15, 0.2) is 0 Å². The van der Waals surface area contributed by atoms with Crippen LogP contribution in [0.4, 0.5) is 0 Å². The molecule has 4 nitrogen and oxygen atoms in total. The Bertz CT molecular complexity index is 464. The van der Waals surface area contributed by atoms with Crippen molar-refractivity contribution in [3.63, 3.8) is 0 Å². The van der Waals surface area contributed by atoms with E-state index in [0.717, 1.165) is 0 Å². The van der Waals surface area contributed by atoms with Crippen molar-refractivity contribution in [2.45, 2.75) is 122 Å².